The Hall–Kier alpha value is -2.77. The molecule has 0 bridgehead atoms. The van der Waals surface area contributed by atoms with E-state index in [2.05, 4.69) is 5.32 Å². The first-order valence-corrected chi connectivity index (χ1v) is 9.15. The van der Waals surface area contributed by atoms with Gasteiger partial charge < -0.3 is 30.1 Å². The van der Waals surface area contributed by atoms with Gasteiger partial charge in [-0.05, 0) is 50.1 Å². The topological polar surface area (TPSA) is 108 Å². The number of aliphatic hydroxyl groups excluding tert-OH is 1. The van der Waals surface area contributed by atoms with E-state index >= 15 is 0 Å². The summed E-state index contributed by atoms with van der Waals surface area (Å²) in [5, 5.41) is 31.8. The molecule has 0 aliphatic carbocycles. The molecule has 3 atom stereocenters. The van der Waals surface area contributed by atoms with Crippen LogP contribution in [-0.4, -0.2) is 52.7 Å². The number of carbonyl (C=O) groups is 1. The summed E-state index contributed by atoms with van der Waals surface area (Å²) in [5.74, 6) is -0.113. The van der Waals surface area contributed by atoms with Crippen molar-refractivity contribution in [3.8, 4) is 17.2 Å². The van der Waals surface area contributed by atoms with E-state index < -0.39 is 18.2 Å². The molecule has 7 heteroatoms. The molecule has 0 aromatic heterocycles. The molecule has 2 rings (SSSR count). The lowest BCUT2D eigenvalue weighted by Gasteiger charge is -2.18. The summed E-state index contributed by atoms with van der Waals surface area (Å²) >= 11 is 0. The number of aromatic hydroxyl groups is 1. The van der Waals surface area contributed by atoms with Crippen molar-refractivity contribution in [2.45, 2.75) is 38.5 Å². The van der Waals surface area contributed by atoms with Gasteiger partial charge in [0.2, 0.25) is 0 Å². The number of hydrogen-bond donors (Lipinski definition) is 4. The number of hydrogen-bond acceptors (Lipinski definition) is 6. The quantitative estimate of drug-likeness (QED) is 0.467. The summed E-state index contributed by atoms with van der Waals surface area (Å²) in [6.07, 6.45) is -0.870. The second kappa shape index (κ2) is 10.5. The van der Waals surface area contributed by atoms with Gasteiger partial charge >= 0.3 is 5.97 Å². The predicted molar refractivity (Wildman–Crippen MR) is 105 cm³/mol. The molecular formula is C21H27NO6. The highest BCUT2D eigenvalue weighted by Gasteiger charge is 2.13. The fraction of sp³-hybridized carbons (Fsp3) is 0.381. The maximum atomic E-state index is 10.8. The minimum atomic E-state index is -1.01. The first kappa shape index (κ1) is 21.5. The van der Waals surface area contributed by atoms with E-state index in [4.69, 9.17) is 14.6 Å². The van der Waals surface area contributed by atoms with E-state index in [1.807, 2.05) is 19.1 Å². The molecule has 3 unspecified atom stereocenters. The highest BCUT2D eigenvalue weighted by molar-refractivity contribution is 5.72. The summed E-state index contributed by atoms with van der Waals surface area (Å²) in [6.45, 7) is 3.92. The van der Waals surface area contributed by atoms with Crippen molar-refractivity contribution in [2.75, 3.05) is 13.2 Å². The third kappa shape index (κ3) is 7.09. The van der Waals surface area contributed by atoms with Crippen LogP contribution in [0.5, 0.6) is 17.2 Å². The van der Waals surface area contributed by atoms with E-state index in [0.717, 1.165) is 12.0 Å². The zero-order chi connectivity index (χ0) is 20.5. The van der Waals surface area contributed by atoms with Gasteiger partial charge in [0.05, 0.1) is 0 Å². The largest absolute Gasteiger partial charge is 0.504 e. The highest BCUT2D eigenvalue weighted by atomic mass is 16.5. The minimum absolute atomic E-state index is 0.0428. The number of phenolic OH excluding ortho intramolecular Hbond substituents is 1. The first-order valence-electron chi connectivity index (χ1n) is 9.15. The Morgan fingerprint density at radius 3 is 2.43 bits per heavy atom. The molecule has 0 saturated carbocycles. The number of nitrogens with one attached hydrogen (secondary N) is 1. The lowest BCUT2D eigenvalue weighted by atomic mass is 10.1. The molecule has 0 heterocycles. The number of benzene rings is 2. The molecule has 0 aliphatic rings. The molecule has 2 aromatic rings. The smallest absolute Gasteiger partial charge is 0.344 e. The maximum absolute atomic E-state index is 10.8. The van der Waals surface area contributed by atoms with Crippen molar-refractivity contribution in [2.24, 2.45) is 0 Å². The van der Waals surface area contributed by atoms with E-state index in [9.17, 15) is 15.0 Å². The number of aliphatic hydroxyl groups is 1. The van der Waals surface area contributed by atoms with Crippen molar-refractivity contribution < 1.29 is 29.6 Å². The number of para-hydroxylation sites is 2. The summed E-state index contributed by atoms with van der Waals surface area (Å²) < 4.78 is 10.7. The van der Waals surface area contributed by atoms with Crippen LogP contribution in [-0.2, 0) is 11.2 Å². The van der Waals surface area contributed by atoms with E-state index in [0.29, 0.717) is 18.0 Å². The third-order valence-electron chi connectivity index (χ3n) is 4.12. The second-order valence-corrected chi connectivity index (χ2v) is 6.69. The minimum Gasteiger partial charge on any atom is -0.504 e. The Balaban J connectivity index is 1.72. The van der Waals surface area contributed by atoms with Gasteiger partial charge in [-0.15, -0.1) is 0 Å². The average molecular weight is 389 g/mol. The van der Waals surface area contributed by atoms with Crippen molar-refractivity contribution in [3.05, 3.63) is 54.1 Å². The van der Waals surface area contributed by atoms with Gasteiger partial charge in [-0.3, -0.25) is 0 Å². The van der Waals surface area contributed by atoms with Crippen molar-refractivity contribution >= 4 is 5.97 Å². The van der Waals surface area contributed by atoms with E-state index in [1.54, 1.807) is 30.3 Å². The third-order valence-corrected chi connectivity index (χ3v) is 4.12. The van der Waals surface area contributed by atoms with Crippen LogP contribution < -0.4 is 14.8 Å². The van der Waals surface area contributed by atoms with Crippen LogP contribution in [0.1, 0.15) is 19.4 Å². The van der Waals surface area contributed by atoms with Gasteiger partial charge in [-0.2, -0.15) is 0 Å². The van der Waals surface area contributed by atoms with Crippen LogP contribution in [0.4, 0.5) is 0 Å². The maximum Gasteiger partial charge on any atom is 0.344 e. The van der Waals surface area contributed by atoms with Gasteiger partial charge in [0.1, 0.15) is 18.5 Å². The molecule has 0 aliphatic heterocycles. The monoisotopic (exact) mass is 389 g/mol. The first-order chi connectivity index (χ1) is 13.3. The Morgan fingerprint density at radius 2 is 1.79 bits per heavy atom. The Morgan fingerprint density at radius 1 is 1.11 bits per heavy atom. The van der Waals surface area contributed by atoms with Gasteiger partial charge in [-0.25, -0.2) is 4.79 Å². The van der Waals surface area contributed by atoms with Crippen LogP contribution in [0.15, 0.2) is 48.5 Å². The number of carboxylic acids is 1. The number of rotatable bonds is 11. The van der Waals surface area contributed by atoms with Crippen molar-refractivity contribution in [3.63, 3.8) is 0 Å². The lowest BCUT2D eigenvalue weighted by Crippen LogP contribution is -2.37. The standard InChI is InChI=1S/C21H27NO6/c1-14(11-16-7-9-18(10-8-16)28-15(2)21(25)26)22-12-17(23)13-27-20-6-4-3-5-19(20)24/h3-10,14-15,17,22-24H,11-13H2,1-2H3,(H,25,26). The number of ether oxygens (including phenoxy) is 2. The van der Waals surface area contributed by atoms with E-state index in [-0.39, 0.29) is 18.4 Å². The van der Waals surface area contributed by atoms with E-state index in [1.165, 1.54) is 13.0 Å². The van der Waals surface area contributed by atoms with Gasteiger partial charge in [0.25, 0.3) is 0 Å². The molecular weight excluding hydrogens is 362 g/mol. The number of aliphatic carboxylic acids is 1. The zero-order valence-corrected chi connectivity index (χ0v) is 16.0. The average Bonchev–Trinajstić information content (AvgIpc) is 2.67. The summed E-state index contributed by atoms with van der Waals surface area (Å²) in [6, 6.07) is 14.0. The molecule has 2 aromatic carbocycles. The van der Waals surface area contributed by atoms with Crippen molar-refractivity contribution in [1.82, 2.24) is 5.32 Å². The summed E-state index contributed by atoms with van der Waals surface area (Å²) in [7, 11) is 0. The molecule has 0 amide bonds. The molecule has 0 radical (unpaired) electrons. The fourth-order valence-electron chi connectivity index (χ4n) is 2.55. The predicted octanol–water partition coefficient (Wildman–Crippen LogP) is 2.20. The summed E-state index contributed by atoms with van der Waals surface area (Å²) in [4.78, 5) is 10.8. The van der Waals surface area contributed by atoms with Crippen LogP contribution in [0.3, 0.4) is 0 Å². The van der Waals surface area contributed by atoms with Gasteiger partial charge in [-0.1, -0.05) is 24.3 Å². The van der Waals surface area contributed by atoms with Gasteiger partial charge in [0, 0.05) is 12.6 Å². The normalized spacial score (nSPS) is 14.1. The van der Waals surface area contributed by atoms with Gasteiger partial charge in [0.15, 0.2) is 17.6 Å². The molecule has 0 saturated heterocycles. The molecule has 0 fully saturated rings. The lowest BCUT2D eigenvalue weighted by molar-refractivity contribution is -0.144. The van der Waals surface area contributed by atoms with Crippen LogP contribution in [0.2, 0.25) is 0 Å². The SMILES string of the molecule is CC(Cc1ccc(OC(C)C(=O)O)cc1)NCC(O)COc1ccccc1O. The number of phenols is 1. The Bertz CT molecular complexity index is 749. The summed E-state index contributed by atoms with van der Waals surface area (Å²) in [5.41, 5.74) is 1.07. The zero-order valence-electron chi connectivity index (χ0n) is 16.0. The van der Waals surface area contributed by atoms with Crippen LogP contribution in [0.25, 0.3) is 0 Å². The Labute approximate surface area is 164 Å². The molecule has 7 nitrogen and oxygen atoms in total. The van der Waals surface area contributed by atoms with Crippen LogP contribution >= 0.6 is 0 Å². The Kier molecular flexibility index (Phi) is 8.10. The molecule has 152 valence electrons. The highest BCUT2D eigenvalue weighted by Crippen LogP contribution is 2.24. The molecule has 0 spiro atoms. The molecule has 4 N–H and O–H groups in total. The second-order valence-electron chi connectivity index (χ2n) is 6.69. The number of carboxylic acid groups (broad SMARTS) is 1. The fourth-order valence-corrected chi connectivity index (χ4v) is 2.55. The van der Waals surface area contributed by atoms with Crippen LogP contribution in [0, 0.1) is 0 Å². The van der Waals surface area contributed by atoms with Crippen molar-refractivity contribution in [1.29, 1.82) is 0 Å². The molecule has 28 heavy (non-hydrogen) atoms.